The number of hydrogen-bond acceptors (Lipinski definition) is 6. The van der Waals surface area contributed by atoms with Crippen LogP contribution in [0.4, 0.5) is 0 Å². The molecule has 1 fully saturated rings. The summed E-state index contributed by atoms with van der Waals surface area (Å²) in [4.78, 5) is 12.3. The molecular weight excluding hydrogens is 394 g/mol. The van der Waals surface area contributed by atoms with Gasteiger partial charge in [0.25, 0.3) is 0 Å². The third kappa shape index (κ3) is 4.41. The van der Waals surface area contributed by atoms with Crippen molar-refractivity contribution < 1.29 is 27.4 Å². The van der Waals surface area contributed by atoms with Crippen LogP contribution in [0.15, 0.2) is 47.4 Å². The van der Waals surface area contributed by atoms with Crippen molar-refractivity contribution in [2.45, 2.75) is 4.90 Å². The molecule has 27 heavy (non-hydrogen) atoms. The smallest absolute Gasteiger partial charge is 0.343 e. The van der Waals surface area contributed by atoms with E-state index in [1.807, 2.05) is 0 Å². The number of rotatable bonds is 5. The summed E-state index contributed by atoms with van der Waals surface area (Å²) in [6.07, 6.45) is 0. The summed E-state index contributed by atoms with van der Waals surface area (Å²) < 4.78 is 42.9. The largest absolute Gasteiger partial charge is 0.495 e. The van der Waals surface area contributed by atoms with Gasteiger partial charge in [0, 0.05) is 18.1 Å². The molecule has 7 nitrogen and oxygen atoms in total. The molecule has 1 heterocycles. The predicted octanol–water partition coefficient (Wildman–Crippen LogP) is 2.59. The van der Waals surface area contributed by atoms with Gasteiger partial charge in [0.1, 0.15) is 16.4 Å². The maximum absolute atomic E-state index is 13.0. The normalized spacial score (nSPS) is 15.3. The lowest BCUT2D eigenvalue weighted by atomic mass is 10.2. The fourth-order valence-corrected chi connectivity index (χ4v) is 4.32. The van der Waals surface area contributed by atoms with Crippen molar-refractivity contribution >= 4 is 27.6 Å². The molecule has 2 aromatic rings. The van der Waals surface area contributed by atoms with E-state index in [2.05, 4.69) is 0 Å². The Kier molecular flexibility index (Phi) is 6.01. The molecule has 1 aliphatic rings. The highest BCUT2D eigenvalue weighted by atomic mass is 35.5. The maximum Gasteiger partial charge on any atom is 0.343 e. The summed E-state index contributed by atoms with van der Waals surface area (Å²) in [5.74, 6) is -0.222. The van der Waals surface area contributed by atoms with E-state index in [0.717, 1.165) is 0 Å². The van der Waals surface area contributed by atoms with Crippen molar-refractivity contribution in [3.63, 3.8) is 0 Å². The minimum atomic E-state index is -3.84. The highest BCUT2D eigenvalue weighted by molar-refractivity contribution is 7.89. The number of carbonyl (C=O) groups excluding carboxylic acids is 1. The second-order valence-electron chi connectivity index (χ2n) is 5.73. The molecule has 0 saturated carbocycles. The molecular formula is C18H18ClNO6S. The molecule has 9 heteroatoms. The number of carbonyl (C=O) groups is 1. The van der Waals surface area contributed by atoms with Crippen molar-refractivity contribution in [2.75, 3.05) is 33.4 Å². The standard InChI is InChI=1S/C18H18ClNO6S/c1-24-16-7-2-13(18(21)26-15-5-3-14(19)4-6-15)12-17(16)27(22,23)20-8-10-25-11-9-20/h2-7,12H,8-11H2,1H3. The molecule has 0 aliphatic carbocycles. The molecule has 3 rings (SSSR count). The lowest BCUT2D eigenvalue weighted by Crippen LogP contribution is -2.40. The van der Waals surface area contributed by atoms with Crippen LogP contribution in [0.5, 0.6) is 11.5 Å². The van der Waals surface area contributed by atoms with E-state index in [4.69, 9.17) is 25.8 Å². The number of methoxy groups -OCH3 is 1. The van der Waals surface area contributed by atoms with Gasteiger partial charge < -0.3 is 14.2 Å². The Morgan fingerprint density at radius 1 is 1.11 bits per heavy atom. The molecule has 0 radical (unpaired) electrons. The summed E-state index contributed by atoms with van der Waals surface area (Å²) in [5.41, 5.74) is 0.0950. The van der Waals surface area contributed by atoms with Gasteiger partial charge in [-0.1, -0.05) is 11.6 Å². The summed E-state index contributed by atoms with van der Waals surface area (Å²) in [5, 5.41) is 0.512. The van der Waals surface area contributed by atoms with E-state index in [-0.39, 0.29) is 29.3 Å². The average Bonchev–Trinajstić information content (AvgIpc) is 2.69. The van der Waals surface area contributed by atoms with Gasteiger partial charge in [0.2, 0.25) is 10.0 Å². The molecule has 0 spiro atoms. The Bertz CT molecular complexity index is 923. The van der Waals surface area contributed by atoms with Crippen molar-refractivity contribution in [3.05, 3.63) is 53.1 Å². The van der Waals surface area contributed by atoms with Crippen LogP contribution in [0.1, 0.15) is 10.4 Å². The number of morpholine rings is 1. The number of esters is 1. The zero-order chi connectivity index (χ0) is 19.4. The summed E-state index contributed by atoms with van der Waals surface area (Å²) in [6.45, 7) is 1.12. The van der Waals surface area contributed by atoms with Gasteiger partial charge in [-0.2, -0.15) is 4.31 Å². The molecule has 0 aromatic heterocycles. The molecule has 144 valence electrons. The monoisotopic (exact) mass is 411 g/mol. The fourth-order valence-electron chi connectivity index (χ4n) is 2.60. The second-order valence-corrected chi connectivity index (χ2v) is 8.07. The van der Waals surface area contributed by atoms with Crippen LogP contribution >= 0.6 is 11.6 Å². The quantitative estimate of drug-likeness (QED) is 0.555. The number of benzene rings is 2. The Balaban J connectivity index is 1.90. The minimum Gasteiger partial charge on any atom is -0.495 e. The summed E-state index contributed by atoms with van der Waals surface area (Å²) in [6, 6.07) is 10.4. The molecule has 0 amide bonds. The Labute approximate surface area is 162 Å². The van der Waals surface area contributed by atoms with Crippen LogP contribution in [0.3, 0.4) is 0 Å². The number of sulfonamides is 1. The van der Waals surface area contributed by atoms with Crippen molar-refractivity contribution in [3.8, 4) is 11.5 Å². The SMILES string of the molecule is COc1ccc(C(=O)Oc2ccc(Cl)cc2)cc1S(=O)(=O)N1CCOCC1. The van der Waals surface area contributed by atoms with Gasteiger partial charge in [-0.05, 0) is 42.5 Å². The first kappa shape index (κ1) is 19.6. The number of halogens is 1. The molecule has 0 unspecified atom stereocenters. The molecule has 1 saturated heterocycles. The van der Waals surface area contributed by atoms with Crippen LogP contribution in [0, 0.1) is 0 Å². The lowest BCUT2D eigenvalue weighted by Gasteiger charge is -2.26. The zero-order valence-corrected chi connectivity index (χ0v) is 16.1. The summed E-state index contributed by atoms with van der Waals surface area (Å²) in [7, 11) is -2.46. The zero-order valence-electron chi connectivity index (χ0n) is 14.6. The first-order valence-electron chi connectivity index (χ1n) is 8.15. The van der Waals surface area contributed by atoms with E-state index >= 15 is 0 Å². The third-order valence-electron chi connectivity index (χ3n) is 4.01. The Hall–Kier alpha value is -2.13. The highest BCUT2D eigenvalue weighted by Gasteiger charge is 2.30. The Morgan fingerprint density at radius 3 is 2.41 bits per heavy atom. The molecule has 0 bridgehead atoms. The van der Waals surface area contributed by atoms with E-state index in [0.29, 0.717) is 24.0 Å². The van der Waals surface area contributed by atoms with Gasteiger partial charge in [-0.25, -0.2) is 13.2 Å². The predicted molar refractivity (Wildman–Crippen MR) is 99.0 cm³/mol. The van der Waals surface area contributed by atoms with Gasteiger partial charge in [0.05, 0.1) is 25.9 Å². The minimum absolute atomic E-state index is 0.0857. The topological polar surface area (TPSA) is 82.1 Å². The second kappa shape index (κ2) is 8.26. The van der Waals surface area contributed by atoms with Gasteiger partial charge >= 0.3 is 5.97 Å². The summed E-state index contributed by atoms with van der Waals surface area (Å²) >= 11 is 5.81. The van der Waals surface area contributed by atoms with Crippen LogP contribution in [-0.4, -0.2) is 52.1 Å². The van der Waals surface area contributed by atoms with E-state index in [1.165, 1.54) is 29.6 Å². The van der Waals surface area contributed by atoms with Crippen molar-refractivity contribution in [2.24, 2.45) is 0 Å². The third-order valence-corrected chi connectivity index (χ3v) is 6.18. The fraction of sp³-hybridized carbons (Fsp3) is 0.278. The van der Waals surface area contributed by atoms with Gasteiger partial charge in [-0.15, -0.1) is 0 Å². The molecule has 1 aliphatic heterocycles. The number of ether oxygens (including phenoxy) is 3. The van der Waals surface area contributed by atoms with Crippen LogP contribution in [0.2, 0.25) is 5.02 Å². The number of hydrogen-bond donors (Lipinski definition) is 0. The van der Waals surface area contributed by atoms with E-state index in [1.54, 1.807) is 24.3 Å². The average molecular weight is 412 g/mol. The first-order chi connectivity index (χ1) is 12.9. The van der Waals surface area contributed by atoms with Crippen molar-refractivity contribution in [1.82, 2.24) is 4.31 Å². The maximum atomic E-state index is 13.0. The lowest BCUT2D eigenvalue weighted by molar-refractivity contribution is 0.0726. The van der Waals surface area contributed by atoms with Crippen LogP contribution in [0.25, 0.3) is 0 Å². The molecule has 0 N–H and O–H groups in total. The molecule has 2 aromatic carbocycles. The van der Waals surface area contributed by atoms with Crippen LogP contribution < -0.4 is 9.47 Å². The first-order valence-corrected chi connectivity index (χ1v) is 9.97. The van der Waals surface area contributed by atoms with Gasteiger partial charge in [0.15, 0.2) is 0 Å². The van der Waals surface area contributed by atoms with Gasteiger partial charge in [-0.3, -0.25) is 0 Å². The Morgan fingerprint density at radius 2 is 1.78 bits per heavy atom. The van der Waals surface area contributed by atoms with Crippen LogP contribution in [-0.2, 0) is 14.8 Å². The van der Waals surface area contributed by atoms with E-state index < -0.39 is 16.0 Å². The highest BCUT2D eigenvalue weighted by Crippen LogP contribution is 2.29. The van der Waals surface area contributed by atoms with Crippen molar-refractivity contribution in [1.29, 1.82) is 0 Å². The van der Waals surface area contributed by atoms with E-state index in [9.17, 15) is 13.2 Å². The number of nitrogens with zero attached hydrogens (tertiary/aromatic N) is 1. The molecule has 0 atom stereocenters.